The van der Waals surface area contributed by atoms with E-state index in [9.17, 15) is 4.39 Å². The van der Waals surface area contributed by atoms with Crippen LogP contribution in [0.1, 0.15) is 12.5 Å². The first-order valence-corrected chi connectivity index (χ1v) is 10.7. The Morgan fingerprint density at radius 2 is 1.79 bits per heavy atom. The molecule has 0 radical (unpaired) electrons. The molecule has 1 aliphatic heterocycles. The van der Waals surface area contributed by atoms with E-state index in [1.165, 1.54) is 12.1 Å². The lowest BCUT2D eigenvalue weighted by atomic mass is 10.2. The van der Waals surface area contributed by atoms with Crippen molar-refractivity contribution in [2.75, 3.05) is 5.32 Å². The van der Waals surface area contributed by atoms with Gasteiger partial charge in [-0.05, 0) is 54.3 Å². The zero-order valence-corrected chi connectivity index (χ0v) is 17.2. The van der Waals surface area contributed by atoms with Gasteiger partial charge in [0, 0.05) is 4.90 Å². The zero-order chi connectivity index (χ0) is 20.2. The van der Waals surface area contributed by atoms with Crippen LogP contribution >= 0.6 is 22.3 Å². The number of nitrogens with zero attached hydrogens (tertiary/aromatic N) is 1. The van der Waals surface area contributed by atoms with E-state index >= 15 is 0 Å². The van der Waals surface area contributed by atoms with Gasteiger partial charge in [-0.25, -0.2) is 9.38 Å². The fourth-order valence-electron chi connectivity index (χ4n) is 2.87. The maximum atomic E-state index is 13.1. The number of ether oxygens (including phenoxy) is 1. The number of aliphatic imine (C=N–C) groups is 1. The molecule has 0 aromatic heterocycles. The van der Waals surface area contributed by atoms with Gasteiger partial charge >= 0.3 is 0 Å². The number of halogens is 2. The molecule has 29 heavy (non-hydrogen) atoms. The van der Waals surface area contributed by atoms with E-state index < -0.39 is 0 Å². The van der Waals surface area contributed by atoms with E-state index in [1.54, 1.807) is 18.2 Å². The molecule has 1 heterocycles. The molecule has 1 aliphatic rings. The Morgan fingerprint density at radius 1 is 1.03 bits per heavy atom. The van der Waals surface area contributed by atoms with Crippen LogP contribution in [0, 0.1) is 5.82 Å². The fourth-order valence-corrected chi connectivity index (χ4v) is 4.45. The Bertz CT molecular complexity index is 1100. The summed E-state index contributed by atoms with van der Waals surface area (Å²) in [7, 11) is -0.333. The average molecular weight is 428 g/mol. The van der Waals surface area contributed by atoms with Crippen molar-refractivity contribution in [2.45, 2.75) is 18.4 Å². The number of hydrogen-bond acceptors (Lipinski definition) is 2. The van der Waals surface area contributed by atoms with E-state index in [1.807, 2.05) is 37.3 Å². The van der Waals surface area contributed by atoms with Crippen molar-refractivity contribution in [3.05, 3.63) is 83.1 Å². The van der Waals surface area contributed by atoms with Gasteiger partial charge in [-0.15, -0.1) is 0 Å². The molecule has 3 aromatic rings. The second-order valence-corrected chi connectivity index (χ2v) is 8.45. The van der Waals surface area contributed by atoms with Crippen molar-refractivity contribution in [2.24, 2.45) is 4.99 Å². The lowest BCUT2D eigenvalue weighted by Gasteiger charge is -2.26. The Hall–Kier alpha value is -2.83. The number of hydrogen-bond donors (Lipinski definition) is 2. The quantitative estimate of drug-likeness (QED) is 0.487. The van der Waals surface area contributed by atoms with E-state index in [2.05, 4.69) is 26.5 Å². The van der Waals surface area contributed by atoms with Crippen molar-refractivity contribution in [3.63, 3.8) is 0 Å². The highest BCUT2D eigenvalue weighted by molar-refractivity contribution is 8.14. The Balaban J connectivity index is 1.64. The van der Waals surface area contributed by atoms with Crippen LogP contribution in [-0.2, 0) is 6.54 Å². The highest BCUT2D eigenvalue weighted by Gasteiger charge is 2.21. The minimum absolute atomic E-state index is 0.257. The van der Waals surface area contributed by atoms with E-state index in [0.29, 0.717) is 29.0 Å². The number of para-hydroxylation sites is 2. The second-order valence-electron chi connectivity index (χ2n) is 6.25. The predicted molar refractivity (Wildman–Crippen MR) is 120 cm³/mol. The van der Waals surface area contributed by atoms with Gasteiger partial charge in [0.15, 0.2) is 5.75 Å². The van der Waals surface area contributed by atoms with E-state index in [-0.39, 0.29) is 16.5 Å². The molecule has 1 atom stereocenters. The SMILES string of the molecule is C/C=S1\NC(=NCc2ccc(F)cc2)Nc2c(Oc3ccccc3Cl)cccc21. The third kappa shape index (κ3) is 4.44. The van der Waals surface area contributed by atoms with Gasteiger partial charge in [-0.2, -0.15) is 0 Å². The van der Waals surface area contributed by atoms with Crippen molar-refractivity contribution in [1.82, 2.24) is 4.72 Å². The van der Waals surface area contributed by atoms with Crippen LogP contribution in [-0.4, -0.2) is 11.3 Å². The molecule has 0 amide bonds. The molecule has 0 aliphatic carbocycles. The highest BCUT2D eigenvalue weighted by atomic mass is 35.5. The van der Waals surface area contributed by atoms with Crippen LogP contribution < -0.4 is 14.8 Å². The summed E-state index contributed by atoms with van der Waals surface area (Å²) < 4.78 is 22.6. The summed E-state index contributed by atoms with van der Waals surface area (Å²) >= 11 is 6.26. The van der Waals surface area contributed by atoms with Gasteiger partial charge in [-0.3, -0.25) is 0 Å². The Labute approximate surface area is 176 Å². The summed E-state index contributed by atoms with van der Waals surface area (Å²) in [4.78, 5) is 5.70. The number of nitrogens with one attached hydrogen (secondary N) is 2. The third-order valence-electron chi connectivity index (χ3n) is 4.30. The molecule has 4 nitrogen and oxygen atoms in total. The summed E-state index contributed by atoms with van der Waals surface area (Å²) in [6, 6.07) is 19.6. The molecule has 2 N–H and O–H groups in total. The molecule has 4 rings (SSSR count). The lowest BCUT2D eigenvalue weighted by Crippen LogP contribution is -2.31. The van der Waals surface area contributed by atoms with Crippen LogP contribution in [0.3, 0.4) is 0 Å². The molecule has 1 unspecified atom stereocenters. The molecule has 0 spiro atoms. The van der Waals surface area contributed by atoms with Crippen molar-refractivity contribution >= 4 is 39.3 Å². The number of fused-ring (bicyclic) bond motifs is 1. The first kappa shape index (κ1) is 19.5. The number of anilines is 1. The summed E-state index contributed by atoms with van der Waals surface area (Å²) in [6.45, 7) is 2.43. The van der Waals surface area contributed by atoms with Gasteiger partial charge < -0.3 is 14.8 Å². The monoisotopic (exact) mass is 427 g/mol. The molecular formula is C22H19ClFN3OS. The summed E-state index contributed by atoms with van der Waals surface area (Å²) in [5.74, 6) is 1.64. The molecule has 0 saturated heterocycles. The maximum Gasteiger partial charge on any atom is 0.206 e. The fraction of sp³-hybridized carbons (Fsp3) is 0.0909. The van der Waals surface area contributed by atoms with Gasteiger partial charge in [0.25, 0.3) is 0 Å². The van der Waals surface area contributed by atoms with Crippen LogP contribution in [0.25, 0.3) is 0 Å². The van der Waals surface area contributed by atoms with Crippen molar-refractivity contribution < 1.29 is 9.13 Å². The standard InChI is InChI=1S/C22H19ClFN3OS/c1-2-29-20-9-5-8-19(28-18-7-4-3-6-17(18)23)21(20)26-22(27-29)25-14-15-10-12-16(24)13-11-15/h2-13H,14H2,1H3,(H2,25,26,27). The molecule has 0 bridgehead atoms. The number of rotatable bonds is 4. The molecule has 148 valence electrons. The maximum absolute atomic E-state index is 13.1. The topological polar surface area (TPSA) is 45.7 Å². The van der Waals surface area contributed by atoms with E-state index in [4.69, 9.17) is 16.3 Å². The van der Waals surface area contributed by atoms with Crippen molar-refractivity contribution in [1.29, 1.82) is 0 Å². The van der Waals surface area contributed by atoms with Crippen LogP contribution in [0.5, 0.6) is 11.5 Å². The largest absolute Gasteiger partial charge is 0.454 e. The zero-order valence-electron chi connectivity index (χ0n) is 15.7. The van der Waals surface area contributed by atoms with Crippen LogP contribution in [0.4, 0.5) is 10.1 Å². The lowest BCUT2D eigenvalue weighted by molar-refractivity contribution is 0.484. The molecular weight excluding hydrogens is 409 g/mol. The normalized spacial score (nSPS) is 16.8. The second kappa shape index (κ2) is 8.68. The summed E-state index contributed by atoms with van der Waals surface area (Å²) in [5, 5.41) is 5.97. The number of guanidine groups is 1. The predicted octanol–water partition coefficient (Wildman–Crippen LogP) is 6.21. The first-order chi connectivity index (χ1) is 14.1. The minimum Gasteiger partial charge on any atom is -0.454 e. The van der Waals surface area contributed by atoms with Crippen molar-refractivity contribution in [3.8, 4) is 11.5 Å². The third-order valence-corrected chi connectivity index (χ3v) is 6.31. The Morgan fingerprint density at radius 3 is 2.55 bits per heavy atom. The highest BCUT2D eigenvalue weighted by Crippen LogP contribution is 2.42. The molecule has 7 heteroatoms. The molecule has 0 fully saturated rings. The van der Waals surface area contributed by atoms with Gasteiger partial charge in [0.1, 0.15) is 11.6 Å². The van der Waals surface area contributed by atoms with Gasteiger partial charge in [0.05, 0.1) is 17.3 Å². The van der Waals surface area contributed by atoms with Crippen LogP contribution in [0.2, 0.25) is 5.02 Å². The smallest absolute Gasteiger partial charge is 0.206 e. The summed E-state index contributed by atoms with van der Waals surface area (Å²) in [6.07, 6.45) is 0. The van der Waals surface area contributed by atoms with Crippen LogP contribution in [0.15, 0.2) is 76.6 Å². The summed E-state index contributed by atoms with van der Waals surface area (Å²) in [5.41, 5.74) is 1.78. The number of benzene rings is 3. The molecule has 0 saturated carbocycles. The Kier molecular flexibility index (Phi) is 5.83. The minimum atomic E-state index is -0.333. The molecule has 3 aromatic carbocycles. The van der Waals surface area contributed by atoms with Gasteiger partial charge in [-0.1, -0.05) is 52.6 Å². The average Bonchev–Trinajstić information content (AvgIpc) is 2.74. The first-order valence-electron chi connectivity index (χ1n) is 9.04. The van der Waals surface area contributed by atoms with Gasteiger partial charge in [0.2, 0.25) is 5.96 Å². The van der Waals surface area contributed by atoms with E-state index in [0.717, 1.165) is 16.1 Å².